The molecule has 240 valence electrons. The van der Waals surface area contributed by atoms with Crippen molar-refractivity contribution >= 4 is 64.5 Å². The molecular weight excluding hydrogens is 649 g/mol. The largest absolute Gasteiger partial charge is 0.464 e. The Hall–Kier alpha value is -4.01. The Balaban J connectivity index is 1.40. The molecule has 0 spiro atoms. The number of hydrogen-bond donors (Lipinski definition) is 2. The molecule has 1 aliphatic heterocycles. The third-order valence-electron chi connectivity index (χ3n) is 7.75. The molecule has 5 aromatic rings. The van der Waals surface area contributed by atoms with Crippen molar-refractivity contribution in [1.29, 1.82) is 0 Å². The van der Waals surface area contributed by atoms with E-state index in [1.165, 1.54) is 0 Å². The van der Waals surface area contributed by atoms with Crippen LogP contribution in [0.1, 0.15) is 31.2 Å². The van der Waals surface area contributed by atoms with E-state index in [1.54, 1.807) is 17.6 Å². The topological polar surface area (TPSA) is 138 Å². The average molecular weight is 682 g/mol. The second-order valence-corrected chi connectivity index (χ2v) is 15.2. The SMILES string of the molecule is CCC(=Cc1sc2ccc3occc3c2[n+]1CCCS(=O)(=O)O)C=C1Oc2ccc(-c3ccccc3)cc2N1CCCS(=O)(=O)O. The zero-order valence-electron chi connectivity index (χ0n) is 25.0. The minimum absolute atomic E-state index is 0.185. The summed E-state index contributed by atoms with van der Waals surface area (Å²) in [5.74, 6) is 0.425. The van der Waals surface area contributed by atoms with Crippen molar-refractivity contribution in [3.63, 3.8) is 0 Å². The predicted molar refractivity (Wildman–Crippen MR) is 180 cm³/mol. The Labute approximate surface area is 271 Å². The van der Waals surface area contributed by atoms with Crippen LogP contribution in [0.15, 0.2) is 94.9 Å². The number of nitrogens with zero attached hydrogens (tertiary/aromatic N) is 2. The number of thiazole rings is 1. The zero-order valence-corrected chi connectivity index (χ0v) is 27.4. The number of aromatic nitrogens is 1. The van der Waals surface area contributed by atoms with Crippen LogP contribution in [0.25, 0.3) is 38.4 Å². The first-order valence-electron chi connectivity index (χ1n) is 14.8. The van der Waals surface area contributed by atoms with Crippen molar-refractivity contribution in [2.75, 3.05) is 23.0 Å². The Bertz CT molecular complexity index is 2180. The van der Waals surface area contributed by atoms with Gasteiger partial charge in [0.1, 0.15) is 10.3 Å². The van der Waals surface area contributed by atoms with Crippen molar-refractivity contribution < 1.29 is 39.7 Å². The van der Waals surface area contributed by atoms with Crippen molar-refractivity contribution in [1.82, 2.24) is 0 Å². The summed E-state index contributed by atoms with van der Waals surface area (Å²) in [4.78, 5) is 1.93. The summed E-state index contributed by atoms with van der Waals surface area (Å²) >= 11 is 1.56. The second kappa shape index (κ2) is 13.0. The van der Waals surface area contributed by atoms with E-state index in [0.717, 1.165) is 48.6 Å². The molecule has 2 N–H and O–H groups in total. The molecule has 46 heavy (non-hydrogen) atoms. The van der Waals surface area contributed by atoms with E-state index < -0.39 is 20.2 Å². The third kappa shape index (κ3) is 7.18. The molecule has 0 bridgehead atoms. The molecule has 0 unspecified atom stereocenters. The van der Waals surface area contributed by atoms with Gasteiger partial charge in [-0.3, -0.25) is 9.11 Å². The van der Waals surface area contributed by atoms with E-state index >= 15 is 0 Å². The minimum atomic E-state index is -4.14. The number of benzene rings is 3. The normalized spacial score (nSPS) is 14.8. The smallest absolute Gasteiger partial charge is 0.265 e. The lowest BCUT2D eigenvalue weighted by Crippen LogP contribution is -2.36. The lowest BCUT2D eigenvalue weighted by Gasteiger charge is -2.19. The lowest BCUT2D eigenvalue weighted by atomic mass is 10.0. The highest BCUT2D eigenvalue weighted by atomic mass is 32.2. The first-order valence-corrected chi connectivity index (χ1v) is 18.8. The van der Waals surface area contributed by atoms with Crippen LogP contribution in [0.2, 0.25) is 0 Å². The molecule has 2 aromatic heterocycles. The lowest BCUT2D eigenvalue weighted by molar-refractivity contribution is -0.667. The van der Waals surface area contributed by atoms with Gasteiger partial charge in [0, 0.05) is 25.1 Å². The summed E-state index contributed by atoms with van der Waals surface area (Å²) in [6, 6.07) is 21.6. The van der Waals surface area contributed by atoms with Gasteiger partial charge in [-0.05, 0) is 59.9 Å². The van der Waals surface area contributed by atoms with Crippen LogP contribution in [0.4, 0.5) is 5.69 Å². The molecule has 10 nitrogen and oxygen atoms in total. The van der Waals surface area contributed by atoms with E-state index in [4.69, 9.17) is 9.15 Å². The number of furan rings is 1. The fraction of sp³-hybridized carbons (Fsp3) is 0.242. The molecule has 3 heterocycles. The molecule has 0 saturated carbocycles. The zero-order chi connectivity index (χ0) is 32.5. The van der Waals surface area contributed by atoms with Gasteiger partial charge in [-0.15, -0.1) is 0 Å². The van der Waals surface area contributed by atoms with Gasteiger partial charge in [-0.2, -0.15) is 21.4 Å². The monoisotopic (exact) mass is 681 g/mol. The maximum Gasteiger partial charge on any atom is 0.265 e. The first-order chi connectivity index (χ1) is 22.0. The van der Waals surface area contributed by atoms with E-state index in [-0.39, 0.29) is 24.3 Å². The second-order valence-electron chi connectivity index (χ2n) is 11.0. The number of anilines is 1. The summed E-state index contributed by atoms with van der Waals surface area (Å²) in [5.41, 5.74) is 5.37. The Morgan fingerprint density at radius 1 is 0.935 bits per heavy atom. The summed E-state index contributed by atoms with van der Waals surface area (Å²) < 4.78 is 79.8. The van der Waals surface area contributed by atoms with Gasteiger partial charge >= 0.3 is 0 Å². The number of hydrogen-bond acceptors (Lipinski definition) is 8. The van der Waals surface area contributed by atoms with Crippen LogP contribution in [-0.2, 0) is 26.8 Å². The van der Waals surface area contributed by atoms with Crippen molar-refractivity contribution in [3.05, 3.63) is 95.5 Å². The number of aryl methyl sites for hydroxylation is 1. The van der Waals surface area contributed by atoms with Crippen LogP contribution in [0.5, 0.6) is 5.75 Å². The summed E-state index contributed by atoms with van der Waals surface area (Å²) in [6.45, 7) is 2.67. The van der Waals surface area contributed by atoms with E-state index in [1.807, 2.05) is 90.7 Å². The predicted octanol–water partition coefficient (Wildman–Crippen LogP) is 6.69. The molecule has 0 fully saturated rings. The van der Waals surface area contributed by atoms with Gasteiger partial charge in [0.15, 0.2) is 12.3 Å². The van der Waals surface area contributed by atoms with E-state index in [2.05, 4.69) is 4.57 Å². The molecule has 0 atom stereocenters. The fourth-order valence-corrected chi connectivity index (χ4v) is 7.77. The van der Waals surface area contributed by atoms with Gasteiger partial charge in [0.25, 0.3) is 25.2 Å². The maximum atomic E-state index is 11.5. The molecule has 0 saturated heterocycles. The van der Waals surface area contributed by atoms with Gasteiger partial charge in [-0.25, -0.2) is 0 Å². The van der Waals surface area contributed by atoms with Gasteiger partial charge in [0.2, 0.25) is 11.4 Å². The van der Waals surface area contributed by atoms with Crippen molar-refractivity contribution in [3.8, 4) is 16.9 Å². The minimum Gasteiger partial charge on any atom is -0.464 e. The highest BCUT2D eigenvalue weighted by Gasteiger charge is 2.28. The summed E-state index contributed by atoms with van der Waals surface area (Å²) in [5, 5.41) is 1.79. The molecule has 1 aliphatic rings. The number of rotatable bonds is 12. The molecule has 13 heteroatoms. The Morgan fingerprint density at radius 2 is 1.70 bits per heavy atom. The average Bonchev–Trinajstić information content (AvgIpc) is 3.71. The Kier molecular flexibility index (Phi) is 9.03. The standard InChI is InChI=1S/C33H32N2O8S3/c1-2-23(21-32-35(16-7-19-46(39,40)41)33-26-14-17-42-28(26)12-13-30(33)44-32)20-31-34(15-6-18-45(36,37)38)27-22-25(10-11-29(27)43-31)24-8-4-3-5-9-24/h3-5,8-14,17,20-22H,2,6-7,15-16,18-19H2,1H3,(H-,36,37,38,39,40,41)/p+1. The van der Waals surface area contributed by atoms with Crippen molar-refractivity contribution in [2.24, 2.45) is 0 Å². The van der Waals surface area contributed by atoms with Crippen LogP contribution < -0.4 is 14.2 Å². The summed E-state index contributed by atoms with van der Waals surface area (Å²) in [7, 11) is -8.25. The summed E-state index contributed by atoms with van der Waals surface area (Å²) in [6.07, 6.45) is 6.63. The molecule has 3 aromatic carbocycles. The molecular formula is C33H33N2O8S3+. The van der Waals surface area contributed by atoms with Crippen LogP contribution >= 0.6 is 11.3 Å². The maximum absolute atomic E-state index is 11.5. The molecule has 0 aliphatic carbocycles. The number of fused-ring (bicyclic) bond motifs is 4. The van der Waals surface area contributed by atoms with Gasteiger partial charge in [-0.1, -0.05) is 54.7 Å². The molecule has 0 amide bonds. The highest BCUT2D eigenvalue weighted by Crippen LogP contribution is 2.42. The quantitative estimate of drug-likeness (QED) is 0.109. The van der Waals surface area contributed by atoms with Crippen LogP contribution in [0.3, 0.4) is 0 Å². The number of ether oxygens (including phenoxy) is 1. The highest BCUT2D eigenvalue weighted by molar-refractivity contribution is 7.86. The Morgan fingerprint density at radius 3 is 2.43 bits per heavy atom. The first kappa shape index (κ1) is 32.0. The van der Waals surface area contributed by atoms with Gasteiger partial charge < -0.3 is 14.1 Å². The third-order valence-corrected chi connectivity index (χ3v) is 10.5. The molecule has 6 rings (SSSR count). The fourth-order valence-electron chi connectivity index (χ4n) is 5.60. The van der Waals surface area contributed by atoms with Gasteiger partial charge in [0.05, 0.1) is 28.8 Å². The molecule has 0 radical (unpaired) electrons. The number of allylic oxidation sites excluding steroid dienone is 2. The van der Waals surface area contributed by atoms with Crippen LogP contribution in [-0.4, -0.2) is 44.0 Å². The van der Waals surface area contributed by atoms with Crippen LogP contribution in [0, 0.1) is 0 Å². The van der Waals surface area contributed by atoms with E-state index in [0.29, 0.717) is 31.1 Å². The van der Waals surface area contributed by atoms with E-state index in [9.17, 15) is 25.9 Å². The van der Waals surface area contributed by atoms with Crippen molar-refractivity contribution in [2.45, 2.75) is 32.7 Å².